The maximum Gasteiger partial charge on any atom is 0.123 e. The van der Waals surface area contributed by atoms with Crippen molar-refractivity contribution in [2.24, 2.45) is 17.6 Å². The van der Waals surface area contributed by atoms with Gasteiger partial charge in [-0.1, -0.05) is 19.9 Å². The van der Waals surface area contributed by atoms with Crippen molar-refractivity contribution in [1.29, 1.82) is 0 Å². The number of halogens is 1. The van der Waals surface area contributed by atoms with Crippen LogP contribution in [-0.4, -0.2) is 6.04 Å². The monoisotopic (exact) mass is 249 g/mol. The van der Waals surface area contributed by atoms with E-state index in [0.29, 0.717) is 11.8 Å². The van der Waals surface area contributed by atoms with Crippen molar-refractivity contribution in [3.05, 3.63) is 35.1 Å². The molecule has 0 spiro atoms. The van der Waals surface area contributed by atoms with Gasteiger partial charge in [-0.25, -0.2) is 4.39 Å². The Hall–Kier alpha value is -0.890. The Balaban J connectivity index is 2.24. The molecule has 1 aromatic rings. The second-order valence-electron chi connectivity index (χ2n) is 6.09. The lowest BCUT2D eigenvalue weighted by Gasteiger charge is -2.37. The highest BCUT2D eigenvalue weighted by molar-refractivity contribution is 5.31. The smallest absolute Gasteiger partial charge is 0.123 e. The summed E-state index contributed by atoms with van der Waals surface area (Å²) in [7, 11) is 0. The van der Waals surface area contributed by atoms with Gasteiger partial charge in [0, 0.05) is 6.04 Å². The molecule has 0 bridgehead atoms. The lowest BCUT2D eigenvalue weighted by molar-refractivity contribution is 0.232. The van der Waals surface area contributed by atoms with Crippen LogP contribution in [-0.2, 0) is 0 Å². The molecule has 2 rings (SSSR count). The number of hydrogen-bond donors (Lipinski definition) is 1. The summed E-state index contributed by atoms with van der Waals surface area (Å²) in [6, 6.07) is 5.34. The van der Waals surface area contributed by atoms with E-state index < -0.39 is 0 Å². The second kappa shape index (κ2) is 5.40. The number of benzene rings is 1. The van der Waals surface area contributed by atoms with Gasteiger partial charge in [0.15, 0.2) is 0 Å². The summed E-state index contributed by atoms with van der Waals surface area (Å²) >= 11 is 0. The molecule has 0 radical (unpaired) electrons. The fourth-order valence-electron chi connectivity index (χ4n) is 3.24. The molecule has 100 valence electrons. The Bertz CT molecular complexity index is 414. The van der Waals surface area contributed by atoms with Gasteiger partial charge in [0.05, 0.1) is 0 Å². The minimum Gasteiger partial charge on any atom is -0.327 e. The zero-order valence-corrected chi connectivity index (χ0v) is 11.6. The summed E-state index contributed by atoms with van der Waals surface area (Å²) in [5.41, 5.74) is 8.57. The molecule has 0 aliphatic heterocycles. The van der Waals surface area contributed by atoms with Crippen LogP contribution in [0.1, 0.15) is 50.2 Å². The maximum atomic E-state index is 13.2. The molecule has 0 amide bonds. The molecule has 3 atom stereocenters. The first-order valence-corrected chi connectivity index (χ1v) is 7.00. The first kappa shape index (κ1) is 13.5. The third kappa shape index (κ3) is 2.74. The highest BCUT2D eigenvalue weighted by atomic mass is 19.1. The molecule has 1 nitrogen and oxygen atoms in total. The van der Waals surface area contributed by atoms with Crippen LogP contribution in [0.2, 0.25) is 0 Å². The standard InChI is InChI=1S/C16H24FN/c1-10(2)12-4-7-16(18)15(9-12)14-6-5-13(17)8-11(14)3/h5-6,8,10,12,15-16H,4,7,9,18H2,1-3H3. The van der Waals surface area contributed by atoms with E-state index in [0.717, 1.165) is 24.3 Å². The summed E-state index contributed by atoms with van der Waals surface area (Å²) in [4.78, 5) is 0. The van der Waals surface area contributed by atoms with Crippen LogP contribution in [0, 0.1) is 24.6 Å². The van der Waals surface area contributed by atoms with E-state index in [9.17, 15) is 4.39 Å². The van der Waals surface area contributed by atoms with Gasteiger partial charge < -0.3 is 5.73 Å². The van der Waals surface area contributed by atoms with E-state index in [-0.39, 0.29) is 11.9 Å². The van der Waals surface area contributed by atoms with Crippen molar-refractivity contribution in [3.8, 4) is 0 Å². The molecular weight excluding hydrogens is 225 g/mol. The summed E-state index contributed by atoms with van der Waals surface area (Å²) in [6.07, 6.45) is 3.46. The van der Waals surface area contributed by atoms with Gasteiger partial charge in [-0.05, 0) is 67.2 Å². The van der Waals surface area contributed by atoms with E-state index in [1.807, 2.05) is 13.0 Å². The van der Waals surface area contributed by atoms with Crippen LogP contribution < -0.4 is 5.73 Å². The fraction of sp³-hybridized carbons (Fsp3) is 0.625. The Morgan fingerprint density at radius 2 is 2.00 bits per heavy atom. The van der Waals surface area contributed by atoms with Crippen LogP contribution >= 0.6 is 0 Å². The molecule has 1 aromatic carbocycles. The van der Waals surface area contributed by atoms with Crippen molar-refractivity contribution >= 4 is 0 Å². The largest absolute Gasteiger partial charge is 0.327 e. The molecule has 0 saturated heterocycles. The van der Waals surface area contributed by atoms with Crippen LogP contribution in [0.25, 0.3) is 0 Å². The Morgan fingerprint density at radius 1 is 1.28 bits per heavy atom. The third-order valence-corrected chi connectivity index (χ3v) is 4.52. The molecule has 1 saturated carbocycles. The van der Waals surface area contributed by atoms with Gasteiger partial charge in [0.2, 0.25) is 0 Å². The first-order chi connectivity index (χ1) is 8.49. The summed E-state index contributed by atoms with van der Waals surface area (Å²) in [6.45, 7) is 6.57. The van der Waals surface area contributed by atoms with Crippen molar-refractivity contribution in [2.45, 2.75) is 52.0 Å². The average Bonchev–Trinajstić information content (AvgIpc) is 2.30. The van der Waals surface area contributed by atoms with Crippen LogP contribution in [0.4, 0.5) is 4.39 Å². The van der Waals surface area contributed by atoms with Crippen LogP contribution in [0.3, 0.4) is 0 Å². The molecule has 1 aliphatic carbocycles. The molecule has 18 heavy (non-hydrogen) atoms. The SMILES string of the molecule is Cc1cc(F)ccc1C1CC(C(C)C)CCC1N. The van der Waals surface area contributed by atoms with Crippen LogP contribution in [0.5, 0.6) is 0 Å². The molecule has 2 heteroatoms. The Labute approximate surface area is 110 Å². The summed E-state index contributed by atoms with van der Waals surface area (Å²) in [5, 5.41) is 0. The zero-order chi connectivity index (χ0) is 13.3. The highest BCUT2D eigenvalue weighted by Crippen LogP contribution is 2.39. The number of aryl methyl sites for hydroxylation is 1. The van der Waals surface area contributed by atoms with Crippen molar-refractivity contribution in [1.82, 2.24) is 0 Å². The topological polar surface area (TPSA) is 26.0 Å². The van der Waals surface area contributed by atoms with Gasteiger partial charge in [0.1, 0.15) is 5.82 Å². The predicted octanol–water partition coefficient (Wildman–Crippen LogP) is 4.00. The normalized spacial score (nSPS) is 28.7. The molecule has 1 fully saturated rings. The lowest BCUT2D eigenvalue weighted by Crippen LogP contribution is -2.36. The fourth-order valence-corrected chi connectivity index (χ4v) is 3.24. The van der Waals surface area contributed by atoms with Gasteiger partial charge >= 0.3 is 0 Å². The minimum atomic E-state index is -0.152. The third-order valence-electron chi connectivity index (χ3n) is 4.52. The Kier molecular flexibility index (Phi) is 4.06. The van der Waals surface area contributed by atoms with Crippen molar-refractivity contribution < 1.29 is 4.39 Å². The zero-order valence-electron chi connectivity index (χ0n) is 11.6. The second-order valence-corrected chi connectivity index (χ2v) is 6.09. The van der Waals surface area contributed by atoms with E-state index >= 15 is 0 Å². The average molecular weight is 249 g/mol. The number of nitrogens with two attached hydrogens (primary N) is 1. The van der Waals surface area contributed by atoms with E-state index in [1.165, 1.54) is 12.0 Å². The summed E-state index contributed by atoms with van der Waals surface area (Å²) < 4.78 is 13.2. The molecule has 0 aromatic heterocycles. The molecule has 0 heterocycles. The van der Waals surface area contributed by atoms with E-state index in [1.54, 1.807) is 12.1 Å². The van der Waals surface area contributed by atoms with E-state index in [4.69, 9.17) is 5.73 Å². The minimum absolute atomic E-state index is 0.152. The predicted molar refractivity (Wildman–Crippen MR) is 74.0 cm³/mol. The molecule has 2 N–H and O–H groups in total. The van der Waals surface area contributed by atoms with Gasteiger partial charge in [-0.3, -0.25) is 0 Å². The maximum absolute atomic E-state index is 13.2. The number of hydrogen-bond acceptors (Lipinski definition) is 1. The first-order valence-electron chi connectivity index (χ1n) is 7.00. The Morgan fingerprint density at radius 3 is 2.61 bits per heavy atom. The molecular formula is C16H24FN. The van der Waals surface area contributed by atoms with Crippen molar-refractivity contribution in [3.63, 3.8) is 0 Å². The van der Waals surface area contributed by atoms with Gasteiger partial charge in [-0.2, -0.15) is 0 Å². The number of rotatable bonds is 2. The quantitative estimate of drug-likeness (QED) is 0.842. The molecule has 1 aliphatic rings. The highest BCUT2D eigenvalue weighted by Gasteiger charge is 2.31. The van der Waals surface area contributed by atoms with Crippen molar-refractivity contribution in [2.75, 3.05) is 0 Å². The molecule has 3 unspecified atom stereocenters. The van der Waals surface area contributed by atoms with Crippen LogP contribution in [0.15, 0.2) is 18.2 Å². The lowest BCUT2D eigenvalue weighted by atomic mass is 9.71. The van der Waals surface area contributed by atoms with Gasteiger partial charge in [0.25, 0.3) is 0 Å². The van der Waals surface area contributed by atoms with E-state index in [2.05, 4.69) is 13.8 Å². The summed E-state index contributed by atoms with van der Waals surface area (Å²) in [5.74, 6) is 1.70. The van der Waals surface area contributed by atoms with Gasteiger partial charge in [-0.15, -0.1) is 0 Å².